The summed E-state index contributed by atoms with van der Waals surface area (Å²) in [5, 5.41) is 4.56. The van der Waals surface area contributed by atoms with Gasteiger partial charge in [-0.05, 0) is 57.4 Å². The van der Waals surface area contributed by atoms with Gasteiger partial charge in [0.1, 0.15) is 0 Å². The van der Waals surface area contributed by atoms with Crippen LogP contribution in [0.25, 0.3) is 11.3 Å². The first-order valence-corrected chi connectivity index (χ1v) is 11.2. The smallest absolute Gasteiger partial charge is 0.274 e. The van der Waals surface area contributed by atoms with Gasteiger partial charge in [0.2, 0.25) is 0 Å². The topological polar surface area (TPSA) is 72.3 Å². The maximum Gasteiger partial charge on any atom is 0.274 e. The number of carbonyl (C=O) groups excluding carboxylic acids is 1. The number of sulfone groups is 1. The molecule has 2 aromatic rings. The molecule has 1 saturated heterocycles. The van der Waals surface area contributed by atoms with E-state index in [-0.39, 0.29) is 23.5 Å². The van der Waals surface area contributed by atoms with Crippen molar-refractivity contribution in [2.75, 3.05) is 24.6 Å². The van der Waals surface area contributed by atoms with E-state index in [9.17, 15) is 13.2 Å². The minimum absolute atomic E-state index is 0.0748. The molecule has 0 aliphatic carbocycles. The average molecular weight is 390 g/mol. The highest BCUT2D eigenvalue weighted by atomic mass is 32.2. The van der Waals surface area contributed by atoms with E-state index in [1.165, 1.54) is 5.56 Å². The molecule has 0 N–H and O–H groups in total. The molecule has 0 bridgehead atoms. The molecule has 1 aliphatic heterocycles. The average Bonchev–Trinajstić information content (AvgIpc) is 3.21. The lowest BCUT2D eigenvalue weighted by Crippen LogP contribution is -2.31. The third kappa shape index (κ3) is 3.93. The molecule has 27 heavy (non-hydrogen) atoms. The summed E-state index contributed by atoms with van der Waals surface area (Å²) >= 11 is 0. The highest BCUT2D eigenvalue weighted by Gasteiger charge is 2.32. The number of hydrogen-bond donors (Lipinski definition) is 0. The zero-order chi connectivity index (χ0) is 19.8. The highest BCUT2D eigenvalue weighted by Crippen LogP contribution is 2.31. The molecule has 3 rings (SSSR count). The Bertz CT molecular complexity index is 959. The molecule has 0 radical (unpaired) electrons. The van der Waals surface area contributed by atoms with E-state index in [1.54, 1.807) is 15.6 Å². The minimum Gasteiger partial charge on any atom is -0.338 e. The number of rotatable bonds is 5. The number of aryl methyl sites for hydroxylation is 2. The van der Waals surface area contributed by atoms with E-state index < -0.39 is 9.84 Å². The molecule has 0 unspecified atom stereocenters. The number of hydrogen-bond acceptors (Lipinski definition) is 4. The van der Waals surface area contributed by atoms with Gasteiger partial charge in [0.15, 0.2) is 15.5 Å². The van der Waals surface area contributed by atoms with Gasteiger partial charge >= 0.3 is 0 Å². The lowest BCUT2D eigenvalue weighted by atomic mass is 10.0. The molecule has 146 valence electrons. The summed E-state index contributed by atoms with van der Waals surface area (Å²) in [6.45, 7) is 9.19. The number of aromatic nitrogens is 2. The third-order valence-electron chi connectivity index (χ3n) is 5.36. The second kappa shape index (κ2) is 7.46. The van der Waals surface area contributed by atoms with Gasteiger partial charge < -0.3 is 4.90 Å². The van der Waals surface area contributed by atoms with Crippen molar-refractivity contribution in [3.05, 3.63) is 41.1 Å². The summed E-state index contributed by atoms with van der Waals surface area (Å²) in [5.41, 5.74) is 4.46. The molecular weight excluding hydrogens is 362 g/mol. The van der Waals surface area contributed by atoms with Crippen molar-refractivity contribution in [1.29, 1.82) is 0 Å². The molecule has 1 amide bonds. The number of nitrogens with zero attached hydrogens (tertiary/aromatic N) is 3. The second-order valence-corrected chi connectivity index (χ2v) is 9.42. The van der Waals surface area contributed by atoms with Crippen LogP contribution in [0.5, 0.6) is 0 Å². The van der Waals surface area contributed by atoms with Crippen LogP contribution in [-0.4, -0.2) is 53.6 Å². The van der Waals surface area contributed by atoms with Crippen molar-refractivity contribution >= 4 is 15.7 Å². The SMILES string of the molecule is CCN(CC)C(=O)c1cc(-c2ccc(C)c(C)c2)n([C@H]2CCS(=O)(=O)C2)n1. The van der Waals surface area contributed by atoms with Crippen molar-refractivity contribution in [3.8, 4) is 11.3 Å². The summed E-state index contributed by atoms with van der Waals surface area (Å²) in [6.07, 6.45) is 0.529. The molecule has 1 aromatic carbocycles. The van der Waals surface area contributed by atoms with E-state index in [2.05, 4.69) is 18.1 Å². The minimum atomic E-state index is -3.05. The molecule has 1 fully saturated rings. The Kier molecular flexibility index (Phi) is 5.42. The lowest BCUT2D eigenvalue weighted by Gasteiger charge is -2.17. The van der Waals surface area contributed by atoms with Crippen LogP contribution >= 0.6 is 0 Å². The fraction of sp³-hybridized carbons (Fsp3) is 0.500. The molecule has 1 aliphatic rings. The predicted molar refractivity (Wildman–Crippen MR) is 107 cm³/mol. The van der Waals surface area contributed by atoms with Crippen LogP contribution in [0.15, 0.2) is 24.3 Å². The van der Waals surface area contributed by atoms with Crippen molar-refractivity contribution in [2.45, 2.75) is 40.2 Å². The van der Waals surface area contributed by atoms with E-state index >= 15 is 0 Å². The first kappa shape index (κ1) is 19.6. The van der Waals surface area contributed by atoms with Gasteiger partial charge in [-0.2, -0.15) is 5.10 Å². The molecule has 0 saturated carbocycles. The molecular formula is C20H27N3O3S. The summed E-state index contributed by atoms with van der Waals surface area (Å²) in [7, 11) is -3.05. The van der Waals surface area contributed by atoms with Crippen LogP contribution in [-0.2, 0) is 9.84 Å². The summed E-state index contributed by atoms with van der Waals surface area (Å²) in [6, 6.07) is 7.68. The Morgan fingerprint density at radius 3 is 2.44 bits per heavy atom. The summed E-state index contributed by atoms with van der Waals surface area (Å²) in [5.74, 6) is 0.124. The Hall–Kier alpha value is -2.15. The third-order valence-corrected chi connectivity index (χ3v) is 7.11. The zero-order valence-corrected chi connectivity index (χ0v) is 17.2. The molecule has 1 aromatic heterocycles. The molecule has 7 heteroatoms. The molecule has 1 atom stereocenters. The number of benzene rings is 1. The van der Waals surface area contributed by atoms with Gasteiger partial charge in [0, 0.05) is 18.7 Å². The summed E-state index contributed by atoms with van der Waals surface area (Å²) in [4.78, 5) is 14.5. The van der Waals surface area contributed by atoms with E-state index in [0.29, 0.717) is 25.2 Å². The Balaban J connectivity index is 2.09. The Morgan fingerprint density at radius 1 is 1.19 bits per heavy atom. The van der Waals surface area contributed by atoms with Crippen LogP contribution in [0.3, 0.4) is 0 Å². The molecule has 0 spiro atoms. The molecule has 2 heterocycles. The Labute approximate surface area is 161 Å². The largest absolute Gasteiger partial charge is 0.338 e. The number of amides is 1. The van der Waals surface area contributed by atoms with Crippen molar-refractivity contribution in [2.24, 2.45) is 0 Å². The maximum absolute atomic E-state index is 12.8. The predicted octanol–water partition coefficient (Wildman–Crippen LogP) is 3.01. The van der Waals surface area contributed by atoms with Gasteiger partial charge in [0.25, 0.3) is 5.91 Å². The van der Waals surface area contributed by atoms with Crippen LogP contribution in [0.1, 0.15) is 47.9 Å². The molecule has 6 nitrogen and oxygen atoms in total. The quantitative estimate of drug-likeness (QED) is 0.788. The van der Waals surface area contributed by atoms with Crippen LogP contribution in [0, 0.1) is 13.8 Å². The fourth-order valence-electron chi connectivity index (χ4n) is 3.53. The van der Waals surface area contributed by atoms with Crippen LogP contribution in [0.2, 0.25) is 0 Å². The monoisotopic (exact) mass is 389 g/mol. The maximum atomic E-state index is 12.8. The highest BCUT2D eigenvalue weighted by molar-refractivity contribution is 7.91. The fourth-order valence-corrected chi connectivity index (χ4v) is 5.23. The first-order valence-electron chi connectivity index (χ1n) is 9.42. The number of carbonyl (C=O) groups is 1. The van der Waals surface area contributed by atoms with Gasteiger partial charge in [-0.1, -0.05) is 12.1 Å². The van der Waals surface area contributed by atoms with Gasteiger partial charge in [-0.3, -0.25) is 9.48 Å². The second-order valence-electron chi connectivity index (χ2n) is 7.19. The van der Waals surface area contributed by atoms with Gasteiger partial charge in [-0.25, -0.2) is 8.42 Å². The first-order chi connectivity index (χ1) is 12.8. The van der Waals surface area contributed by atoms with Crippen LogP contribution < -0.4 is 0 Å². The van der Waals surface area contributed by atoms with E-state index in [0.717, 1.165) is 16.8 Å². The van der Waals surface area contributed by atoms with Crippen molar-refractivity contribution in [3.63, 3.8) is 0 Å². The van der Waals surface area contributed by atoms with Crippen molar-refractivity contribution in [1.82, 2.24) is 14.7 Å². The normalized spacial score (nSPS) is 18.6. The van der Waals surface area contributed by atoms with E-state index in [4.69, 9.17) is 0 Å². The van der Waals surface area contributed by atoms with Gasteiger partial charge in [0.05, 0.1) is 23.2 Å². The zero-order valence-electron chi connectivity index (χ0n) is 16.4. The van der Waals surface area contributed by atoms with E-state index in [1.807, 2.05) is 32.9 Å². The van der Waals surface area contributed by atoms with Crippen LogP contribution in [0.4, 0.5) is 0 Å². The standard InChI is InChI=1S/C20H27N3O3S/c1-5-22(6-2)20(24)18-12-19(16-8-7-14(3)15(4)11-16)23(21-18)17-9-10-27(25,26)13-17/h7-8,11-12,17H,5-6,9-10,13H2,1-4H3/t17-/m0/s1. The summed E-state index contributed by atoms with van der Waals surface area (Å²) < 4.78 is 25.7. The lowest BCUT2D eigenvalue weighted by molar-refractivity contribution is 0.0766. The van der Waals surface area contributed by atoms with Gasteiger partial charge in [-0.15, -0.1) is 0 Å². The Morgan fingerprint density at radius 2 is 1.89 bits per heavy atom. The van der Waals surface area contributed by atoms with Crippen molar-refractivity contribution < 1.29 is 13.2 Å².